The van der Waals surface area contributed by atoms with E-state index >= 15 is 0 Å². The third kappa shape index (κ3) is 9.22. The van der Waals surface area contributed by atoms with Crippen molar-refractivity contribution in [3.63, 3.8) is 0 Å². The molecule has 1 aliphatic rings. The van der Waals surface area contributed by atoms with Crippen molar-refractivity contribution in [3.8, 4) is 0 Å². The first kappa shape index (κ1) is 26.8. The lowest BCUT2D eigenvalue weighted by molar-refractivity contribution is -0.141. The van der Waals surface area contributed by atoms with Gasteiger partial charge in [0.1, 0.15) is 6.10 Å². The van der Waals surface area contributed by atoms with Crippen LogP contribution in [-0.2, 0) is 32.9 Å². The van der Waals surface area contributed by atoms with Crippen molar-refractivity contribution in [3.05, 3.63) is 34.9 Å². The Morgan fingerprint density at radius 3 is 2.38 bits per heavy atom. The number of hydrogen-bond donors (Lipinski definition) is 2. The second-order valence-corrected chi connectivity index (χ2v) is 9.57. The van der Waals surface area contributed by atoms with Crippen LogP contribution in [0.15, 0.2) is 18.2 Å². The van der Waals surface area contributed by atoms with Gasteiger partial charge in [-0.3, -0.25) is 9.32 Å². The number of hydrogen-bond acceptors (Lipinski definition) is 3. The van der Waals surface area contributed by atoms with Gasteiger partial charge in [0.25, 0.3) is 0 Å². The molecule has 1 aliphatic heterocycles. The van der Waals surface area contributed by atoms with Gasteiger partial charge in [-0.1, -0.05) is 44.7 Å². The second-order valence-electron chi connectivity index (χ2n) is 8.38. The minimum absolute atomic E-state index is 0.113. The Labute approximate surface area is 187 Å². The molecule has 0 bridgehead atoms. The average Bonchev–Trinajstić information content (AvgIpc) is 2.66. The number of likely N-dealkylation sites (tertiary alicyclic amines) is 1. The van der Waals surface area contributed by atoms with Gasteiger partial charge >= 0.3 is 14.0 Å². The molecule has 1 aromatic rings. The molecule has 0 aromatic heterocycles. The van der Waals surface area contributed by atoms with Gasteiger partial charge in [-0.25, -0.2) is 4.57 Å². The summed E-state index contributed by atoms with van der Waals surface area (Å²) in [4.78, 5) is 31.0. The van der Waals surface area contributed by atoms with E-state index in [2.05, 4.69) is 11.4 Å². The van der Waals surface area contributed by atoms with Crippen LogP contribution in [0.4, 0.5) is 13.2 Å². The minimum Gasteiger partial charge on any atom is -0.337 e. The zero-order chi connectivity index (χ0) is 23.8. The SMILES string of the molecule is CCCCCCCc1ccc(CCCCC(=O)N2CC(OP(=O)(O)O)C2)c(C(F)(F)F)c1. The third-order valence-corrected chi connectivity index (χ3v) is 6.20. The normalized spacial score (nSPS) is 15.1. The number of aryl methyl sites for hydroxylation is 2. The lowest BCUT2D eigenvalue weighted by atomic mass is 9.96. The summed E-state index contributed by atoms with van der Waals surface area (Å²) in [6.45, 7) is 2.35. The largest absolute Gasteiger partial charge is 0.469 e. The maximum Gasteiger partial charge on any atom is 0.469 e. The van der Waals surface area contributed by atoms with Crippen molar-refractivity contribution < 1.29 is 36.8 Å². The Kier molecular flexibility index (Phi) is 10.2. The van der Waals surface area contributed by atoms with Crippen molar-refractivity contribution in [2.24, 2.45) is 0 Å². The number of halogens is 3. The van der Waals surface area contributed by atoms with Gasteiger partial charge in [0.2, 0.25) is 5.91 Å². The lowest BCUT2D eigenvalue weighted by Crippen LogP contribution is -2.54. The second kappa shape index (κ2) is 12.2. The molecule has 0 unspecified atom stereocenters. The first-order chi connectivity index (χ1) is 15.0. The molecule has 0 atom stereocenters. The number of nitrogens with zero attached hydrogens (tertiary/aromatic N) is 1. The fourth-order valence-electron chi connectivity index (χ4n) is 3.85. The first-order valence-corrected chi connectivity index (χ1v) is 12.7. The van der Waals surface area contributed by atoms with E-state index in [0.717, 1.165) is 32.1 Å². The van der Waals surface area contributed by atoms with Crippen LogP contribution in [-0.4, -0.2) is 39.8 Å². The van der Waals surface area contributed by atoms with Gasteiger partial charge in [0.15, 0.2) is 0 Å². The standard InChI is InChI=1S/C22H33F3NO5P/c1-2-3-4-5-6-9-17-12-13-18(20(14-17)22(23,24)25)10-7-8-11-21(27)26-15-19(16-26)31-32(28,29)30/h12-14,19H,2-11,15-16H2,1H3,(H2,28,29,30). The molecule has 1 amide bonds. The average molecular weight is 479 g/mol. The molecular weight excluding hydrogens is 446 g/mol. The molecule has 10 heteroatoms. The molecule has 0 aliphatic carbocycles. The summed E-state index contributed by atoms with van der Waals surface area (Å²) >= 11 is 0. The fourth-order valence-corrected chi connectivity index (χ4v) is 4.37. The van der Waals surface area contributed by atoms with Crippen LogP contribution < -0.4 is 0 Å². The van der Waals surface area contributed by atoms with Crippen LogP contribution in [0, 0.1) is 0 Å². The van der Waals surface area contributed by atoms with Crippen LogP contribution in [0.3, 0.4) is 0 Å². The molecule has 0 saturated carbocycles. The Hall–Kier alpha value is -1.41. The summed E-state index contributed by atoms with van der Waals surface area (Å²) in [6, 6.07) is 4.60. The van der Waals surface area contributed by atoms with Gasteiger partial charge in [-0.2, -0.15) is 13.2 Å². The van der Waals surface area contributed by atoms with E-state index < -0.39 is 25.7 Å². The topological polar surface area (TPSA) is 87.1 Å². The molecule has 1 aromatic carbocycles. The third-order valence-electron chi connectivity index (χ3n) is 5.62. The van der Waals surface area contributed by atoms with Crippen LogP contribution in [0.2, 0.25) is 0 Å². The van der Waals surface area contributed by atoms with Crippen molar-refractivity contribution in [1.82, 2.24) is 4.90 Å². The number of amides is 1. The number of phosphoric ester groups is 1. The van der Waals surface area contributed by atoms with Crippen LogP contribution in [0.1, 0.15) is 75.0 Å². The summed E-state index contributed by atoms with van der Waals surface area (Å²) < 4.78 is 55.9. The maximum absolute atomic E-state index is 13.5. The van der Waals surface area contributed by atoms with Crippen molar-refractivity contribution in [2.45, 2.75) is 83.4 Å². The highest BCUT2D eigenvalue weighted by Gasteiger charge is 2.36. The van der Waals surface area contributed by atoms with E-state index in [1.165, 1.54) is 11.0 Å². The molecule has 1 fully saturated rings. The monoisotopic (exact) mass is 479 g/mol. The number of carbonyl (C=O) groups excluding carboxylic acids is 1. The van der Waals surface area contributed by atoms with Gasteiger partial charge in [-0.15, -0.1) is 0 Å². The Morgan fingerprint density at radius 2 is 1.75 bits per heavy atom. The summed E-state index contributed by atoms with van der Waals surface area (Å²) in [7, 11) is -4.57. The number of phosphoric acid groups is 1. The number of alkyl halides is 3. The van der Waals surface area contributed by atoms with Crippen molar-refractivity contribution >= 4 is 13.7 Å². The first-order valence-electron chi connectivity index (χ1n) is 11.2. The molecule has 182 valence electrons. The van der Waals surface area contributed by atoms with E-state index in [1.54, 1.807) is 12.1 Å². The number of rotatable bonds is 13. The van der Waals surface area contributed by atoms with Gasteiger partial charge in [0.05, 0.1) is 5.56 Å². The van der Waals surface area contributed by atoms with Gasteiger partial charge in [0, 0.05) is 19.5 Å². The number of benzene rings is 1. The molecule has 6 nitrogen and oxygen atoms in total. The zero-order valence-electron chi connectivity index (χ0n) is 18.4. The highest BCUT2D eigenvalue weighted by atomic mass is 31.2. The quantitative estimate of drug-likeness (QED) is 0.298. The molecule has 1 saturated heterocycles. The summed E-state index contributed by atoms with van der Waals surface area (Å²) in [5.41, 5.74) is 0.367. The van der Waals surface area contributed by atoms with Crippen LogP contribution in [0.5, 0.6) is 0 Å². The van der Waals surface area contributed by atoms with Gasteiger partial charge in [-0.05, 0) is 49.3 Å². The maximum atomic E-state index is 13.5. The molecule has 0 spiro atoms. The van der Waals surface area contributed by atoms with Crippen molar-refractivity contribution in [1.29, 1.82) is 0 Å². The highest BCUT2D eigenvalue weighted by molar-refractivity contribution is 7.46. The molecule has 32 heavy (non-hydrogen) atoms. The molecule has 2 N–H and O–H groups in total. The Morgan fingerprint density at radius 1 is 1.09 bits per heavy atom. The predicted octanol–water partition coefficient (Wildman–Crippen LogP) is 5.25. The van der Waals surface area contributed by atoms with E-state index in [9.17, 15) is 22.5 Å². The smallest absolute Gasteiger partial charge is 0.337 e. The summed E-state index contributed by atoms with van der Waals surface area (Å²) in [5, 5.41) is 0. The summed E-state index contributed by atoms with van der Waals surface area (Å²) in [5.74, 6) is -0.190. The predicted molar refractivity (Wildman–Crippen MR) is 115 cm³/mol. The van der Waals surface area contributed by atoms with E-state index in [1.807, 2.05) is 0 Å². The fraction of sp³-hybridized carbons (Fsp3) is 0.682. The lowest BCUT2D eigenvalue weighted by Gasteiger charge is -2.38. The van der Waals surface area contributed by atoms with E-state index in [-0.39, 0.29) is 37.4 Å². The van der Waals surface area contributed by atoms with Crippen molar-refractivity contribution in [2.75, 3.05) is 13.1 Å². The summed E-state index contributed by atoms with van der Waals surface area (Å²) in [6.07, 6.45) is 2.15. The number of carbonyl (C=O) groups is 1. The van der Waals surface area contributed by atoms with Crippen LogP contribution in [0.25, 0.3) is 0 Å². The Balaban J connectivity index is 1.78. The number of unbranched alkanes of at least 4 members (excludes halogenated alkanes) is 5. The highest BCUT2D eigenvalue weighted by Crippen LogP contribution is 2.39. The van der Waals surface area contributed by atoms with Gasteiger partial charge < -0.3 is 14.7 Å². The van der Waals surface area contributed by atoms with E-state index in [0.29, 0.717) is 24.8 Å². The molecule has 1 heterocycles. The minimum atomic E-state index is -4.57. The Bertz CT molecular complexity index is 790. The zero-order valence-corrected chi connectivity index (χ0v) is 19.3. The van der Waals surface area contributed by atoms with E-state index in [4.69, 9.17) is 9.79 Å². The molecule has 0 radical (unpaired) electrons. The molecular formula is C22H33F3NO5P. The van der Waals surface area contributed by atoms with Crippen LogP contribution >= 0.6 is 7.82 Å². The molecule has 2 rings (SSSR count).